The number of nitrogens with one attached hydrogen (secondary N) is 1. The molecular weight excluding hydrogens is 234 g/mol. The minimum Gasteiger partial charge on any atom is -0.317 e. The molecule has 0 amide bonds. The van der Waals surface area contributed by atoms with E-state index in [9.17, 15) is 0 Å². The molecule has 0 saturated heterocycles. The van der Waals surface area contributed by atoms with E-state index in [4.69, 9.17) is 11.6 Å². The summed E-state index contributed by atoms with van der Waals surface area (Å²) in [7, 11) is 0. The highest BCUT2D eigenvalue weighted by atomic mass is 35.5. The largest absolute Gasteiger partial charge is 0.317 e. The monoisotopic (exact) mass is 255 g/mol. The number of hydrogen-bond donors (Lipinski definition) is 1. The summed E-state index contributed by atoms with van der Waals surface area (Å²) < 4.78 is 1.99. The summed E-state index contributed by atoms with van der Waals surface area (Å²) in [6.45, 7) is 9.30. The standard InChI is InChI=1S/C13H22ClN3/c1-4-9-17-13(12(14)10-16-17)11(3)7-6-8-15-5-2/h7,10,15H,4-6,8-9H2,1-3H3. The van der Waals surface area contributed by atoms with E-state index < -0.39 is 0 Å². The van der Waals surface area contributed by atoms with E-state index in [0.29, 0.717) is 0 Å². The molecule has 1 aromatic rings. The molecule has 0 bridgehead atoms. The third kappa shape index (κ3) is 4.17. The zero-order valence-corrected chi connectivity index (χ0v) is 11.7. The van der Waals surface area contributed by atoms with Gasteiger partial charge in [0, 0.05) is 6.54 Å². The quantitative estimate of drug-likeness (QED) is 0.758. The average Bonchev–Trinajstić information content (AvgIpc) is 2.66. The van der Waals surface area contributed by atoms with Crippen LogP contribution in [0.1, 0.15) is 39.3 Å². The number of nitrogens with zero attached hydrogens (tertiary/aromatic N) is 2. The lowest BCUT2D eigenvalue weighted by Crippen LogP contribution is -2.13. The summed E-state index contributed by atoms with van der Waals surface area (Å²) in [5.74, 6) is 0. The molecule has 17 heavy (non-hydrogen) atoms. The van der Waals surface area contributed by atoms with Gasteiger partial charge in [0.1, 0.15) is 0 Å². The van der Waals surface area contributed by atoms with Gasteiger partial charge in [0.15, 0.2) is 0 Å². The Morgan fingerprint density at radius 1 is 1.53 bits per heavy atom. The Hall–Kier alpha value is -0.800. The van der Waals surface area contributed by atoms with E-state index in [2.05, 4.69) is 37.3 Å². The molecule has 0 aliphatic rings. The lowest BCUT2D eigenvalue weighted by atomic mass is 10.1. The predicted molar refractivity (Wildman–Crippen MR) is 74.3 cm³/mol. The van der Waals surface area contributed by atoms with Crippen molar-refractivity contribution in [3.63, 3.8) is 0 Å². The highest BCUT2D eigenvalue weighted by Crippen LogP contribution is 2.23. The van der Waals surface area contributed by atoms with E-state index in [0.717, 1.165) is 43.2 Å². The normalized spacial score (nSPS) is 12.1. The van der Waals surface area contributed by atoms with Gasteiger partial charge in [-0.3, -0.25) is 4.68 Å². The summed E-state index contributed by atoms with van der Waals surface area (Å²) in [6, 6.07) is 0. The highest BCUT2D eigenvalue weighted by Gasteiger charge is 2.09. The van der Waals surface area contributed by atoms with Crippen molar-refractivity contribution in [2.75, 3.05) is 13.1 Å². The molecule has 0 fully saturated rings. The van der Waals surface area contributed by atoms with Crippen LogP contribution in [-0.2, 0) is 6.54 Å². The van der Waals surface area contributed by atoms with Crippen LogP contribution >= 0.6 is 11.6 Å². The van der Waals surface area contributed by atoms with Crippen molar-refractivity contribution in [2.24, 2.45) is 0 Å². The number of hydrogen-bond acceptors (Lipinski definition) is 2. The molecule has 96 valence electrons. The van der Waals surface area contributed by atoms with Crippen molar-refractivity contribution in [3.8, 4) is 0 Å². The van der Waals surface area contributed by atoms with Gasteiger partial charge in [0.2, 0.25) is 0 Å². The lowest BCUT2D eigenvalue weighted by Gasteiger charge is -2.07. The number of allylic oxidation sites excluding steroid dienone is 1. The minimum absolute atomic E-state index is 0.746. The fourth-order valence-electron chi connectivity index (χ4n) is 1.80. The topological polar surface area (TPSA) is 29.9 Å². The van der Waals surface area contributed by atoms with Crippen LogP contribution in [0.3, 0.4) is 0 Å². The maximum atomic E-state index is 6.18. The third-order valence-corrected chi connectivity index (χ3v) is 2.90. The Balaban J connectivity index is 2.72. The molecule has 0 unspecified atom stereocenters. The van der Waals surface area contributed by atoms with Crippen LogP contribution in [0.2, 0.25) is 5.02 Å². The van der Waals surface area contributed by atoms with Gasteiger partial charge in [-0.25, -0.2) is 0 Å². The van der Waals surface area contributed by atoms with Crippen LogP contribution < -0.4 is 5.32 Å². The molecule has 0 aliphatic carbocycles. The molecule has 0 saturated carbocycles. The van der Waals surface area contributed by atoms with Crippen LogP contribution in [0.25, 0.3) is 5.57 Å². The molecule has 0 aliphatic heterocycles. The number of aryl methyl sites for hydroxylation is 1. The Labute approximate surface area is 109 Å². The zero-order chi connectivity index (χ0) is 12.7. The van der Waals surface area contributed by atoms with E-state index >= 15 is 0 Å². The molecule has 1 rings (SSSR count). The van der Waals surface area contributed by atoms with Crippen LogP contribution in [0.5, 0.6) is 0 Å². The summed E-state index contributed by atoms with van der Waals surface area (Å²) >= 11 is 6.18. The molecule has 0 atom stereocenters. The van der Waals surface area contributed by atoms with Gasteiger partial charge in [0.25, 0.3) is 0 Å². The van der Waals surface area contributed by atoms with Crippen molar-refractivity contribution < 1.29 is 0 Å². The summed E-state index contributed by atoms with van der Waals surface area (Å²) in [5, 5.41) is 8.35. The second-order valence-electron chi connectivity index (χ2n) is 4.09. The van der Waals surface area contributed by atoms with Crippen molar-refractivity contribution in [3.05, 3.63) is 23.0 Å². The first-order chi connectivity index (χ1) is 8.20. The van der Waals surface area contributed by atoms with Gasteiger partial charge in [-0.2, -0.15) is 5.10 Å². The van der Waals surface area contributed by atoms with Crippen molar-refractivity contribution in [1.82, 2.24) is 15.1 Å². The van der Waals surface area contributed by atoms with E-state index in [1.165, 1.54) is 5.57 Å². The maximum absolute atomic E-state index is 6.18. The number of rotatable bonds is 7. The summed E-state index contributed by atoms with van der Waals surface area (Å²) in [4.78, 5) is 0. The molecule has 3 nitrogen and oxygen atoms in total. The average molecular weight is 256 g/mol. The van der Waals surface area contributed by atoms with E-state index in [1.54, 1.807) is 6.20 Å². The van der Waals surface area contributed by atoms with Crippen LogP contribution in [0.4, 0.5) is 0 Å². The SMILES string of the molecule is CCCn1ncc(Cl)c1C(C)=CCCNCC. The molecule has 1 heterocycles. The lowest BCUT2D eigenvalue weighted by molar-refractivity contribution is 0.596. The maximum Gasteiger partial charge on any atom is 0.0862 e. The Kier molecular flexibility index (Phi) is 6.30. The van der Waals surface area contributed by atoms with Crippen molar-refractivity contribution in [1.29, 1.82) is 0 Å². The van der Waals surface area contributed by atoms with Crippen molar-refractivity contribution in [2.45, 2.75) is 40.2 Å². The van der Waals surface area contributed by atoms with E-state index in [1.807, 2.05) is 4.68 Å². The molecular formula is C13H22ClN3. The van der Waals surface area contributed by atoms with Gasteiger partial charge in [-0.1, -0.05) is 31.5 Å². The van der Waals surface area contributed by atoms with Crippen LogP contribution in [0, 0.1) is 0 Å². The fraction of sp³-hybridized carbons (Fsp3) is 0.615. The predicted octanol–water partition coefficient (Wildman–Crippen LogP) is 3.35. The van der Waals surface area contributed by atoms with Gasteiger partial charge >= 0.3 is 0 Å². The van der Waals surface area contributed by atoms with Gasteiger partial charge < -0.3 is 5.32 Å². The Morgan fingerprint density at radius 3 is 2.94 bits per heavy atom. The van der Waals surface area contributed by atoms with Crippen LogP contribution in [0.15, 0.2) is 12.3 Å². The Bertz CT molecular complexity index is 369. The first-order valence-electron chi connectivity index (χ1n) is 6.29. The highest BCUT2D eigenvalue weighted by molar-refractivity contribution is 6.32. The van der Waals surface area contributed by atoms with Crippen LogP contribution in [-0.4, -0.2) is 22.9 Å². The molecule has 0 aromatic carbocycles. The van der Waals surface area contributed by atoms with Gasteiger partial charge in [-0.15, -0.1) is 0 Å². The van der Waals surface area contributed by atoms with Gasteiger partial charge in [-0.05, 0) is 38.4 Å². The second-order valence-corrected chi connectivity index (χ2v) is 4.50. The molecule has 0 spiro atoms. The molecule has 1 aromatic heterocycles. The first-order valence-corrected chi connectivity index (χ1v) is 6.67. The minimum atomic E-state index is 0.746. The first kappa shape index (κ1) is 14.3. The zero-order valence-electron chi connectivity index (χ0n) is 11.0. The summed E-state index contributed by atoms with van der Waals surface area (Å²) in [5.41, 5.74) is 2.27. The number of halogens is 1. The molecule has 0 radical (unpaired) electrons. The summed E-state index contributed by atoms with van der Waals surface area (Å²) in [6.07, 6.45) is 6.04. The molecule has 1 N–H and O–H groups in total. The van der Waals surface area contributed by atoms with E-state index in [-0.39, 0.29) is 0 Å². The Morgan fingerprint density at radius 2 is 2.29 bits per heavy atom. The van der Waals surface area contributed by atoms with Crippen molar-refractivity contribution >= 4 is 17.2 Å². The molecule has 4 heteroatoms. The van der Waals surface area contributed by atoms with Gasteiger partial charge in [0.05, 0.1) is 16.9 Å². The third-order valence-electron chi connectivity index (χ3n) is 2.63. The second kappa shape index (κ2) is 7.51. The smallest absolute Gasteiger partial charge is 0.0862 e. The number of aromatic nitrogens is 2. The fourth-order valence-corrected chi connectivity index (χ4v) is 2.09.